The van der Waals surface area contributed by atoms with E-state index in [0.717, 1.165) is 43.5 Å². The third kappa shape index (κ3) is 1.00. The van der Waals surface area contributed by atoms with Gasteiger partial charge in [-0.3, -0.25) is 5.01 Å². The van der Waals surface area contributed by atoms with Crippen LogP contribution in [0.2, 0.25) is 0 Å². The van der Waals surface area contributed by atoms with Crippen LogP contribution in [0.25, 0.3) is 0 Å². The molecule has 1 saturated heterocycles. The summed E-state index contributed by atoms with van der Waals surface area (Å²) >= 11 is 0. The zero-order valence-corrected chi connectivity index (χ0v) is 9.99. The molecule has 2 atom stereocenters. The number of aldehydes is 1. The fourth-order valence-corrected chi connectivity index (χ4v) is 3.36. The van der Waals surface area contributed by atoms with Crippen LogP contribution in [0.1, 0.15) is 18.4 Å². The molecule has 0 amide bonds. The molecular weight excluding hydrogens is 228 g/mol. The third-order valence-corrected chi connectivity index (χ3v) is 4.16. The highest BCUT2D eigenvalue weighted by molar-refractivity contribution is 5.81. The number of anilines is 1. The second kappa shape index (κ2) is 3.31. The Balaban J connectivity index is 1.97. The molecule has 0 saturated carbocycles. The Hall–Kier alpha value is -1.91. The topological polar surface area (TPSA) is 48.3 Å². The van der Waals surface area contributed by atoms with Crippen molar-refractivity contribution in [2.45, 2.75) is 24.5 Å². The van der Waals surface area contributed by atoms with Crippen LogP contribution in [0.4, 0.5) is 5.69 Å². The molecule has 2 unspecified atom stereocenters. The van der Waals surface area contributed by atoms with Gasteiger partial charge in [-0.15, -0.1) is 5.11 Å². The van der Waals surface area contributed by atoms with Crippen LogP contribution in [0.5, 0.6) is 0 Å². The van der Waals surface area contributed by atoms with Crippen molar-refractivity contribution in [3.63, 3.8) is 0 Å². The van der Waals surface area contributed by atoms with E-state index in [1.807, 2.05) is 23.2 Å². The van der Waals surface area contributed by atoms with E-state index in [4.69, 9.17) is 0 Å². The molecule has 5 heteroatoms. The van der Waals surface area contributed by atoms with Gasteiger partial charge in [0.05, 0.1) is 0 Å². The van der Waals surface area contributed by atoms with Crippen molar-refractivity contribution in [3.8, 4) is 0 Å². The molecule has 3 aliphatic rings. The van der Waals surface area contributed by atoms with Gasteiger partial charge < -0.3 is 9.69 Å². The van der Waals surface area contributed by atoms with E-state index in [1.54, 1.807) is 0 Å². The normalized spacial score (nSPS) is 32.1. The third-order valence-electron chi connectivity index (χ3n) is 4.16. The molecule has 3 aliphatic heterocycles. The van der Waals surface area contributed by atoms with Gasteiger partial charge in [0.1, 0.15) is 0 Å². The number of hydrogen-bond donors (Lipinski definition) is 0. The van der Waals surface area contributed by atoms with Gasteiger partial charge in [-0.25, -0.2) is 0 Å². The van der Waals surface area contributed by atoms with Crippen molar-refractivity contribution in [1.82, 2.24) is 5.01 Å². The van der Waals surface area contributed by atoms with Crippen LogP contribution < -0.4 is 4.90 Å². The molecule has 0 spiro atoms. The SMILES string of the molecule is O=CC12N=NN3CCCCN(c4ccccc41)C32. The highest BCUT2D eigenvalue weighted by Crippen LogP contribution is 2.50. The Bertz CT molecular complexity index is 544. The van der Waals surface area contributed by atoms with E-state index in [0.29, 0.717) is 0 Å². The molecule has 1 aromatic rings. The predicted octanol–water partition coefficient (Wildman–Crippen LogP) is 1.70. The maximum absolute atomic E-state index is 11.7. The van der Waals surface area contributed by atoms with Gasteiger partial charge in [-0.2, -0.15) is 0 Å². The Morgan fingerprint density at radius 3 is 3.00 bits per heavy atom. The molecular formula is C13H14N4O. The number of fused-ring (bicyclic) bond motifs is 3. The maximum Gasteiger partial charge on any atom is 0.205 e. The van der Waals surface area contributed by atoms with Crippen molar-refractivity contribution >= 4 is 12.0 Å². The van der Waals surface area contributed by atoms with Gasteiger partial charge in [0.15, 0.2) is 12.5 Å². The fraction of sp³-hybridized carbons (Fsp3) is 0.462. The zero-order chi connectivity index (χ0) is 12.2. The van der Waals surface area contributed by atoms with Crippen molar-refractivity contribution in [3.05, 3.63) is 29.8 Å². The molecule has 0 bridgehead atoms. The quantitative estimate of drug-likeness (QED) is 0.704. The molecule has 1 aromatic carbocycles. The first-order valence-corrected chi connectivity index (χ1v) is 6.39. The average molecular weight is 242 g/mol. The first-order chi connectivity index (χ1) is 8.87. The fourth-order valence-electron chi connectivity index (χ4n) is 3.36. The van der Waals surface area contributed by atoms with Crippen LogP contribution in [-0.2, 0) is 10.3 Å². The second-order valence-corrected chi connectivity index (χ2v) is 5.09. The molecule has 3 heterocycles. The lowest BCUT2D eigenvalue weighted by Gasteiger charge is -2.31. The van der Waals surface area contributed by atoms with Crippen LogP contribution in [-0.4, -0.2) is 30.6 Å². The maximum atomic E-state index is 11.7. The lowest BCUT2D eigenvalue weighted by atomic mass is 9.92. The van der Waals surface area contributed by atoms with Gasteiger partial charge in [0, 0.05) is 24.3 Å². The summed E-state index contributed by atoms with van der Waals surface area (Å²) in [6, 6.07) is 8.07. The molecule has 0 aliphatic carbocycles. The molecule has 4 rings (SSSR count). The second-order valence-electron chi connectivity index (χ2n) is 5.09. The largest absolute Gasteiger partial charge is 0.347 e. The Labute approximate surface area is 105 Å². The number of para-hydroxylation sites is 1. The number of carbonyl (C=O) groups is 1. The molecule has 0 N–H and O–H groups in total. The number of hydrogen-bond acceptors (Lipinski definition) is 5. The zero-order valence-electron chi connectivity index (χ0n) is 9.99. The highest BCUT2D eigenvalue weighted by atomic mass is 16.1. The minimum atomic E-state index is -0.805. The molecule has 0 radical (unpaired) electrons. The summed E-state index contributed by atoms with van der Waals surface area (Å²) in [5.41, 5.74) is 1.33. The number of benzene rings is 1. The van der Waals surface area contributed by atoms with Gasteiger partial charge >= 0.3 is 0 Å². The van der Waals surface area contributed by atoms with E-state index in [2.05, 4.69) is 21.3 Å². The lowest BCUT2D eigenvalue weighted by Crippen LogP contribution is -2.49. The predicted molar refractivity (Wildman–Crippen MR) is 66.1 cm³/mol. The van der Waals surface area contributed by atoms with Crippen molar-refractivity contribution in [2.75, 3.05) is 18.0 Å². The standard InChI is InChI=1S/C13H14N4O/c18-9-13-10-5-1-2-6-11(10)16-7-3-4-8-17(12(13)16)15-14-13/h1-2,5-6,9,12H,3-4,7-8H2. The Kier molecular flexibility index (Phi) is 1.85. The minimum Gasteiger partial charge on any atom is -0.347 e. The Morgan fingerprint density at radius 2 is 2.11 bits per heavy atom. The van der Waals surface area contributed by atoms with Gasteiger partial charge in [0.25, 0.3) is 0 Å². The van der Waals surface area contributed by atoms with Crippen molar-refractivity contribution < 1.29 is 4.79 Å². The number of carbonyl (C=O) groups excluding carboxylic acids is 1. The summed E-state index contributed by atoms with van der Waals surface area (Å²) in [5.74, 6) is 0. The molecule has 5 nitrogen and oxygen atoms in total. The Morgan fingerprint density at radius 1 is 1.28 bits per heavy atom. The first-order valence-electron chi connectivity index (χ1n) is 6.39. The van der Waals surface area contributed by atoms with E-state index in [-0.39, 0.29) is 6.17 Å². The number of nitrogens with zero attached hydrogens (tertiary/aromatic N) is 4. The van der Waals surface area contributed by atoms with Gasteiger partial charge in [-0.05, 0) is 18.9 Å². The smallest absolute Gasteiger partial charge is 0.205 e. The van der Waals surface area contributed by atoms with E-state index >= 15 is 0 Å². The van der Waals surface area contributed by atoms with Crippen LogP contribution in [0.3, 0.4) is 0 Å². The van der Waals surface area contributed by atoms with Crippen molar-refractivity contribution in [1.29, 1.82) is 0 Å². The number of rotatable bonds is 1. The summed E-state index contributed by atoms with van der Waals surface area (Å²) in [7, 11) is 0. The summed E-state index contributed by atoms with van der Waals surface area (Å²) in [6.45, 7) is 1.85. The lowest BCUT2D eigenvalue weighted by molar-refractivity contribution is -0.113. The monoisotopic (exact) mass is 242 g/mol. The molecule has 1 fully saturated rings. The van der Waals surface area contributed by atoms with Crippen LogP contribution in [0, 0.1) is 0 Å². The van der Waals surface area contributed by atoms with Crippen molar-refractivity contribution in [2.24, 2.45) is 10.3 Å². The molecule has 18 heavy (non-hydrogen) atoms. The summed E-state index contributed by atoms with van der Waals surface area (Å²) in [5, 5.41) is 10.5. The molecule has 0 aromatic heterocycles. The minimum absolute atomic E-state index is 0.0464. The first kappa shape index (κ1) is 10.1. The van der Waals surface area contributed by atoms with Crippen LogP contribution in [0.15, 0.2) is 34.6 Å². The van der Waals surface area contributed by atoms with Crippen LogP contribution >= 0.6 is 0 Å². The molecule has 92 valence electrons. The summed E-state index contributed by atoms with van der Waals surface area (Å²) < 4.78 is 0. The van der Waals surface area contributed by atoms with E-state index < -0.39 is 5.54 Å². The van der Waals surface area contributed by atoms with Gasteiger partial charge in [-0.1, -0.05) is 23.4 Å². The highest BCUT2D eigenvalue weighted by Gasteiger charge is 2.58. The van der Waals surface area contributed by atoms with E-state index in [9.17, 15) is 4.79 Å². The average Bonchev–Trinajstić information content (AvgIpc) is 2.80. The summed E-state index contributed by atoms with van der Waals surface area (Å²) in [6.07, 6.45) is 3.15. The van der Waals surface area contributed by atoms with E-state index in [1.165, 1.54) is 0 Å². The van der Waals surface area contributed by atoms with Gasteiger partial charge in [0.2, 0.25) is 5.54 Å². The summed E-state index contributed by atoms with van der Waals surface area (Å²) in [4.78, 5) is 14.0.